The molecule has 156 valence electrons. The van der Waals surface area contributed by atoms with Crippen molar-refractivity contribution in [3.8, 4) is 0 Å². The fraction of sp³-hybridized carbons (Fsp3) is 0.391. The Morgan fingerprint density at radius 2 is 1.69 bits per heavy atom. The van der Waals surface area contributed by atoms with Gasteiger partial charge in [-0.25, -0.2) is 0 Å². The summed E-state index contributed by atoms with van der Waals surface area (Å²) in [5, 5.41) is 3.63. The molecule has 2 aromatic rings. The van der Waals surface area contributed by atoms with E-state index in [-0.39, 0.29) is 17.9 Å². The van der Waals surface area contributed by atoms with Gasteiger partial charge in [0.15, 0.2) is 0 Å². The van der Waals surface area contributed by atoms with E-state index in [0.29, 0.717) is 17.3 Å². The molecule has 0 bridgehead atoms. The van der Waals surface area contributed by atoms with Crippen molar-refractivity contribution in [2.24, 2.45) is 0 Å². The maximum atomic E-state index is 13.0. The molecule has 0 aliphatic rings. The Bertz CT molecular complexity index is 783. The van der Waals surface area contributed by atoms with Crippen LogP contribution < -0.4 is 5.32 Å². The molecule has 1 N–H and O–H groups in total. The molecule has 0 aromatic heterocycles. The van der Waals surface area contributed by atoms with E-state index in [1.807, 2.05) is 56.3 Å². The highest BCUT2D eigenvalue weighted by Crippen LogP contribution is 2.17. The molecule has 4 nitrogen and oxygen atoms in total. The average molecular weight is 433 g/mol. The Morgan fingerprint density at radius 1 is 1.03 bits per heavy atom. The lowest BCUT2D eigenvalue weighted by Crippen LogP contribution is -2.50. The largest absolute Gasteiger partial charge is 0.352 e. The Balaban J connectivity index is 2.06. The van der Waals surface area contributed by atoms with Crippen LogP contribution in [0.1, 0.15) is 38.3 Å². The Labute approximate surface area is 183 Å². The Morgan fingerprint density at radius 3 is 2.31 bits per heavy atom. The van der Waals surface area contributed by atoms with E-state index in [2.05, 4.69) is 5.32 Å². The van der Waals surface area contributed by atoms with Crippen molar-refractivity contribution in [3.05, 3.63) is 70.7 Å². The summed E-state index contributed by atoms with van der Waals surface area (Å²) in [5.74, 6) is 0.903. The summed E-state index contributed by atoms with van der Waals surface area (Å²) in [7, 11) is 0. The fourth-order valence-corrected chi connectivity index (χ4v) is 3.74. The zero-order valence-electron chi connectivity index (χ0n) is 17.2. The maximum Gasteiger partial charge on any atom is 0.242 e. The molecular formula is C23H29ClN2O2S. The van der Waals surface area contributed by atoms with Gasteiger partial charge >= 0.3 is 0 Å². The fourth-order valence-electron chi connectivity index (χ4n) is 2.75. The summed E-state index contributed by atoms with van der Waals surface area (Å²) in [6.45, 7) is 6.14. The zero-order chi connectivity index (χ0) is 21.2. The Kier molecular flexibility index (Phi) is 9.55. The van der Waals surface area contributed by atoms with Crippen LogP contribution in [0, 0.1) is 0 Å². The lowest BCUT2D eigenvalue weighted by Gasteiger charge is -2.29. The first-order chi connectivity index (χ1) is 13.9. The van der Waals surface area contributed by atoms with Gasteiger partial charge in [0.05, 0.1) is 5.75 Å². The van der Waals surface area contributed by atoms with Crippen LogP contribution in [-0.4, -0.2) is 34.6 Å². The number of nitrogens with zero attached hydrogens (tertiary/aromatic N) is 1. The smallest absolute Gasteiger partial charge is 0.242 e. The molecule has 0 fully saturated rings. The number of carbonyl (C=O) groups excluding carboxylic acids is 2. The molecule has 0 saturated carbocycles. The highest BCUT2D eigenvalue weighted by atomic mass is 35.5. The van der Waals surface area contributed by atoms with Crippen molar-refractivity contribution in [3.63, 3.8) is 0 Å². The van der Waals surface area contributed by atoms with Gasteiger partial charge in [-0.05, 0) is 43.5 Å². The second-order valence-corrected chi connectivity index (χ2v) is 8.54. The zero-order valence-corrected chi connectivity index (χ0v) is 18.8. The van der Waals surface area contributed by atoms with Crippen LogP contribution in [0.5, 0.6) is 0 Å². The molecule has 29 heavy (non-hydrogen) atoms. The van der Waals surface area contributed by atoms with Crippen molar-refractivity contribution in [2.75, 3.05) is 5.75 Å². The van der Waals surface area contributed by atoms with Gasteiger partial charge < -0.3 is 10.2 Å². The second kappa shape index (κ2) is 11.9. The number of amides is 2. The number of carbonyl (C=O) groups is 2. The molecule has 2 amide bonds. The van der Waals surface area contributed by atoms with Gasteiger partial charge in [0.1, 0.15) is 6.04 Å². The molecule has 0 aliphatic carbocycles. The molecular weight excluding hydrogens is 404 g/mol. The molecule has 0 spiro atoms. The molecule has 6 heteroatoms. The molecule has 2 atom stereocenters. The van der Waals surface area contributed by atoms with Crippen molar-refractivity contribution >= 4 is 35.2 Å². The van der Waals surface area contributed by atoms with E-state index >= 15 is 0 Å². The van der Waals surface area contributed by atoms with Gasteiger partial charge in [0, 0.05) is 23.4 Å². The number of thioether (sulfide) groups is 1. The van der Waals surface area contributed by atoms with Crippen molar-refractivity contribution in [1.82, 2.24) is 10.2 Å². The Hall–Kier alpha value is -1.98. The lowest BCUT2D eigenvalue weighted by molar-refractivity contribution is -0.138. The van der Waals surface area contributed by atoms with E-state index in [0.717, 1.165) is 17.7 Å². The normalized spacial score (nSPS) is 12.8. The van der Waals surface area contributed by atoms with Crippen LogP contribution in [-0.2, 0) is 21.9 Å². The van der Waals surface area contributed by atoms with E-state index < -0.39 is 6.04 Å². The third-order valence-electron chi connectivity index (χ3n) is 4.77. The number of hydrogen-bond acceptors (Lipinski definition) is 3. The van der Waals surface area contributed by atoms with Gasteiger partial charge in [-0.1, -0.05) is 61.0 Å². The summed E-state index contributed by atoms with van der Waals surface area (Å²) < 4.78 is 0. The van der Waals surface area contributed by atoms with Gasteiger partial charge in [-0.3, -0.25) is 9.59 Å². The van der Waals surface area contributed by atoms with Crippen molar-refractivity contribution in [1.29, 1.82) is 0 Å². The topological polar surface area (TPSA) is 49.4 Å². The highest BCUT2D eigenvalue weighted by Gasteiger charge is 2.26. The molecule has 2 aromatic carbocycles. The van der Waals surface area contributed by atoms with Crippen LogP contribution in [0.4, 0.5) is 0 Å². The summed E-state index contributed by atoms with van der Waals surface area (Å²) >= 11 is 7.54. The highest BCUT2D eigenvalue weighted by molar-refractivity contribution is 7.99. The number of benzene rings is 2. The first-order valence-corrected chi connectivity index (χ1v) is 11.4. The maximum absolute atomic E-state index is 13.0. The predicted molar refractivity (Wildman–Crippen MR) is 122 cm³/mol. The first-order valence-electron chi connectivity index (χ1n) is 9.86. The monoisotopic (exact) mass is 432 g/mol. The summed E-state index contributed by atoms with van der Waals surface area (Å²) in [6, 6.07) is 17.0. The second-order valence-electron chi connectivity index (χ2n) is 7.12. The van der Waals surface area contributed by atoms with Crippen LogP contribution >= 0.6 is 23.4 Å². The standard InChI is InChI=1S/C23H29ClN2O2S/c1-4-17(2)25-23(28)18(3)26(14-19-10-12-21(24)13-11-19)22(27)16-29-15-20-8-6-5-7-9-20/h5-13,17-18H,4,14-16H2,1-3H3,(H,25,28). The SMILES string of the molecule is CCC(C)NC(=O)C(C)N(Cc1ccc(Cl)cc1)C(=O)CSCc1ccccc1. The van der Waals surface area contributed by atoms with Crippen LogP contribution in [0.25, 0.3) is 0 Å². The minimum Gasteiger partial charge on any atom is -0.352 e. The van der Waals surface area contributed by atoms with E-state index in [1.165, 1.54) is 5.56 Å². The number of halogens is 1. The van der Waals surface area contributed by atoms with Crippen LogP contribution in [0.3, 0.4) is 0 Å². The third-order valence-corrected chi connectivity index (χ3v) is 6.01. The van der Waals surface area contributed by atoms with Crippen molar-refractivity contribution < 1.29 is 9.59 Å². The van der Waals surface area contributed by atoms with Gasteiger partial charge in [0.25, 0.3) is 0 Å². The quantitative estimate of drug-likeness (QED) is 0.580. The molecule has 2 unspecified atom stereocenters. The van der Waals surface area contributed by atoms with Gasteiger partial charge in [-0.15, -0.1) is 11.8 Å². The average Bonchev–Trinajstić information content (AvgIpc) is 2.73. The number of hydrogen-bond donors (Lipinski definition) is 1. The third kappa shape index (κ3) is 7.75. The molecule has 0 aliphatic heterocycles. The molecule has 0 heterocycles. The van der Waals surface area contributed by atoms with Crippen LogP contribution in [0.15, 0.2) is 54.6 Å². The van der Waals surface area contributed by atoms with E-state index in [9.17, 15) is 9.59 Å². The molecule has 0 saturated heterocycles. The van der Waals surface area contributed by atoms with Gasteiger partial charge in [0.2, 0.25) is 11.8 Å². The van der Waals surface area contributed by atoms with Crippen LogP contribution in [0.2, 0.25) is 5.02 Å². The van der Waals surface area contributed by atoms with Gasteiger partial charge in [-0.2, -0.15) is 0 Å². The minimum absolute atomic E-state index is 0.0484. The first kappa shape index (κ1) is 23.3. The van der Waals surface area contributed by atoms with E-state index in [4.69, 9.17) is 11.6 Å². The minimum atomic E-state index is -0.551. The summed E-state index contributed by atoms with van der Waals surface area (Å²) in [6.07, 6.45) is 0.844. The molecule has 0 radical (unpaired) electrons. The van der Waals surface area contributed by atoms with Crippen molar-refractivity contribution in [2.45, 2.75) is 51.6 Å². The summed E-state index contributed by atoms with van der Waals surface area (Å²) in [5.41, 5.74) is 2.12. The number of rotatable bonds is 10. The molecule has 2 rings (SSSR count). The predicted octanol–water partition coefficient (Wildman–Crippen LogP) is 4.91. The van der Waals surface area contributed by atoms with E-state index in [1.54, 1.807) is 35.7 Å². The number of nitrogens with one attached hydrogen (secondary N) is 1. The summed E-state index contributed by atoms with van der Waals surface area (Å²) in [4.78, 5) is 27.3. The lowest BCUT2D eigenvalue weighted by atomic mass is 10.1.